The minimum Gasteiger partial charge on any atom is -0.390 e. The summed E-state index contributed by atoms with van der Waals surface area (Å²) in [6.45, 7) is 3.67. The maximum atomic E-state index is 13.1. The number of rotatable bonds is 4. The standard InChI is InChI=1S/C19H18ClFN2O2/c1-19(2)17-16(23(7-8-24)18(19)20)10-13(15(11-25)22-17)9-12-3-5-14(21)6-4-12/h3-7,10,18,25H,9,11H2,1-2H3. The predicted octanol–water partition coefficient (Wildman–Crippen LogP) is 3.31. The molecule has 0 saturated carbocycles. The zero-order chi connectivity index (χ0) is 18.2. The minimum absolute atomic E-state index is 0.212. The molecular weight excluding hydrogens is 343 g/mol. The highest BCUT2D eigenvalue weighted by molar-refractivity contribution is 6.23. The van der Waals surface area contributed by atoms with Crippen molar-refractivity contribution >= 4 is 23.2 Å². The number of halogens is 2. The van der Waals surface area contributed by atoms with E-state index in [0.717, 1.165) is 22.5 Å². The summed E-state index contributed by atoms with van der Waals surface area (Å²) >= 11 is 6.51. The Balaban J connectivity index is 2.09. The van der Waals surface area contributed by atoms with Crippen LogP contribution in [0.25, 0.3) is 0 Å². The molecule has 0 fully saturated rings. The van der Waals surface area contributed by atoms with Crippen LogP contribution in [-0.2, 0) is 23.2 Å². The molecule has 25 heavy (non-hydrogen) atoms. The fourth-order valence-electron chi connectivity index (χ4n) is 3.14. The summed E-state index contributed by atoms with van der Waals surface area (Å²) in [7, 11) is 0. The Kier molecular flexibility index (Phi) is 4.65. The Hall–Kier alpha value is -2.20. The highest BCUT2D eigenvalue weighted by Crippen LogP contribution is 2.46. The lowest BCUT2D eigenvalue weighted by molar-refractivity contribution is 0.275. The molecule has 6 heteroatoms. The Morgan fingerprint density at radius 2 is 2.08 bits per heavy atom. The van der Waals surface area contributed by atoms with Crippen molar-refractivity contribution in [1.82, 2.24) is 4.98 Å². The van der Waals surface area contributed by atoms with Gasteiger partial charge in [-0.15, -0.1) is 0 Å². The lowest BCUT2D eigenvalue weighted by Gasteiger charge is -2.25. The van der Waals surface area contributed by atoms with E-state index in [0.29, 0.717) is 12.1 Å². The maximum Gasteiger partial charge on any atom is 0.142 e. The van der Waals surface area contributed by atoms with Gasteiger partial charge in [0.15, 0.2) is 0 Å². The molecule has 1 atom stereocenters. The smallest absolute Gasteiger partial charge is 0.142 e. The molecular formula is C19H18ClFN2O2. The second-order valence-electron chi connectivity index (χ2n) is 6.63. The third-order valence-electron chi connectivity index (χ3n) is 4.55. The number of hydrogen-bond donors (Lipinski definition) is 1. The van der Waals surface area contributed by atoms with E-state index in [1.807, 2.05) is 19.9 Å². The van der Waals surface area contributed by atoms with E-state index in [1.54, 1.807) is 23.0 Å². The number of aliphatic hydroxyl groups excluding tert-OH is 1. The Bertz CT molecular complexity index is 845. The van der Waals surface area contributed by atoms with Crippen molar-refractivity contribution in [3.05, 3.63) is 64.9 Å². The van der Waals surface area contributed by atoms with Gasteiger partial charge in [0.1, 0.15) is 17.3 Å². The van der Waals surface area contributed by atoms with Crippen LogP contribution < -0.4 is 4.90 Å². The number of anilines is 1. The molecule has 1 aliphatic heterocycles. The van der Waals surface area contributed by atoms with Crippen molar-refractivity contribution in [3.8, 4) is 0 Å². The van der Waals surface area contributed by atoms with Crippen molar-refractivity contribution in [2.45, 2.75) is 37.8 Å². The molecule has 0 saturated heterocycles. The van der Waals surface area contributed by atoms with Crippen molar-refractivity contribution in [3.63, 3.8) is 0 Å². The maximum absolute atomic E-state index is 13.1. The minimum atomic E-state index is -0.497. The number of carbonyl (C=O) groups excluding carboxylic acids is 1. The fraction of sp³-hybridized carbons (Fsp3) is 0.316. The van der Waals surface area contributed by atoms with Gasteiger partial charge in [-0.2, -0.15) is 0 Å². The molecule has 0 spiro atoms. The van der Waals surface area contributed by atoms with Crippen LogP contribution in [-0.4, -0.2) is 21.5 Å². The third-order valence-corrected chi connectivity index (χ3v) is 5.30. The molecule has 0 aliphatic carbocycles. The molecule has 4 nitrogen and oxygen atoms in total. The largest absolute Gasteiger partial charge is 0.390 e. The number of aliphatic hydroxyl groups is 1. The number of nitrogens with zero attached hydrogens (tertiary/aromatic N) is 2. The second kappa shape index (κ2) is 6.60. The zero-order valence-electron chi connectivity index (χ0n) is 14.0. The molecule has 1 unspecified atom stereocenters. The Morgan fingerprint density at radius 1 is 1.40 bits per heavy atom. The summed E-state index contributed by atoms with van der Waals surface area (Å²) in [5.41, 5.74) is 2.73. The molecule has 2 aromatic rings. The van der Waals surface area contributed by atoms with Crippen molar-refractivity contribution in [2.24, 2.45) is 0 Å². The van der Waals surface area contributed by atoms with E-state index in [1.165, 1.54) is 18.3 Å². The highest BCUT2D eigenvalue weighted by atomic mass is 35.5. The number of pyridine rings is 1. The normalized spacial score (nSPS) is 18.0. The Morgan fingerprint density at radius 3 is 2.68 bits per heavy atom. The van der Waals surface area contributed by atoms with Crippen LogP contribution in [0.2, 0.25) is 0 Å². The van der Waals surface area contributed by atoms with Gasteiger partial charge < -0.3 is 10.0 Å². The topological polar surface area (TPSA) is 53.4 Å². The fourth-order valence-corrected chi connectivity index (χ4v) is 3.40. The predicted molar refractivity (Wildman–Crippen MR) is 94.8 cm³/mol. The Labute approximate surface area is 150 Å². The number of benzene rings is 1. The first-order valence-corrected chi connectivity index (χ1v) is 8.34. The molecule has 1 N–H and O–H groups in total. The van der Waals surface area contributed by atoms with Crippen LogP contribution in [0.5, 0.6) is 0 Å². The molecule has 130 valence electrons. The van der Waals surface area contributed by atoms with E-state index >= 15 is 0 Å². The van der Waals surface area contributed by atoms with Gasteiger partial charge in [0.2, 0.25) is 0 Å². The highest BCUT2D eigenvalue weighted by Gasteiger charge is 2.45. The van der Waals surface area contributed by atoms with Gasteiger partial charge in [-0.1, -0.05) is 37.6 Å². The van der Waals surface area contributed by atoms with Crippen molar-refractivity contribution < 1.29 is 14.3 Å². The molecule has 1 aromatic heterocycles. The van der Waals surface area contributed by atoms with Gasteiger partial charge in [0, 0.05) is 5.41 Å². The molecule has 1 aliphatic rings. The summed E-state index contributed by atoms with van der Waals surface area (Å²) in [5.74, 6) is 1.47. The van der Waals surface area contributed by atoms with Crippen molar-refractivity contribution in [1.29, 1.82) is 0 Å². The molecule has 0 bridgehead atoms. The van der Waals surface area contributed by atoms with Crippen molar-refractivity contribution in [2.75, 3.05) is 4.90 Å². The lowest BCUT2D eigenvalue weighted by atomic mass is 9.90. The first kappa shape index (κ1) is 17.6. The molecule has 0 amide bonds. The van der Waals surface area contributed by atoms with Gasteiger partial charge in [0.25, 0.3) is 0 Å². The van der Waals surface area contributed by atoms with E-state index in [9.17, 15) is 14.3 Å². The van der Waals surface area contributed by atoms with Crippen LogP contribution in [0, 0.1) is 5.82 Å². The summed E-state index contributed by atoms with van der Waals surface area (Å²) in [5, 5.41) is 9.74. The number of fused-ring (bicyclic) bond motifs is 1. The monoisotopic (exact) mass is 360 g/mol. The summed E-state index contributed by atoms with van der Waals surface area (Å²) < 4.78 is 13.1. The van der Waals surface area contributed by atoms with E-state index in [-0.39, 0.29) is 12.4 Å². The van der Waals surface area contributed by atoms with Gasteiger partial charge >= 0.3 is 0 Å². The molecule has 1 aromatic carbocycles. The lowest BCUT2D eigenvalue weighted by Crippen LogP contribution is -2.34. The average molecular weight is 361 g/mol. The van der Waals surface area contributed by atoms with E-state index in [2.05, 4.69) is 4.98 Å². The van der Waals surface area contributed by atoms with Gasteiger partial charge in [-0.05, 0) is 35.7 Å². The van der Waals surface area contributed by atoms with Gasteiger partial charge in [-0.3, -0.25) is 4.98 Å². The number of hydrogen-bond acceptors (Lipinski definition) is 4. The summed E-state index contributed by atoms with van der Waals surface area (Å²) in [4.78, 5) is 17.1. The number of aromatic nitrogens is 1. The summed E-state index contributed by atoms with van der Waals surface area (Å²) in [6.07, 6.45) is 1.76. The quantitative estimate of drug-likeness (QED) is 0.516. The van der Waals surface area contributed by atoms with Crippen LogP contribution in [0.1, 0.15) is 36.4 Å². The van der Waals surface area contributed by atoms with Crippen LogP contribution in [0.4, 0.5) is 10.1 Å². The second-order valence-corrected chi connectivity index (χ2v) is 7.05. The summed E-state index contributed by atoms with van der Waals surface area (Å²) in [6, 6.07) is 8.07. The molecule has 2 heterocycles. The zero-order valence-corrected chi connectivity index (χ0v) is 14.7. The van der Waals surface area contributed by atoms with Crippen LogP contribution >= 0.6 is 11.6 Å². The van der Waals surface area contributed by atoms with Gasteiger partial charge in [0.05, 0.1) is 29.9 Å². The van der Waals surface area contributed by atoms with Crippen LogP contribution in [0.15, 0.2) is 36.5 Å². The first-order chi connectivity index (χ1) is 11.9. The van der Waals surface area contributed by atoms with Gasteiger partial charge in [-0.25, -0.2) is 9.18 Å². The van der Waals surface area contributed by atoms with Crippen LogP contribution in [0.3, 0.4) is 0 Å². The first-order valence-electron chi connectivity index (χ1n) is 7.90. The van der Waals surface area contributed by atoms with E-state index < -0.39 is 10.9 Å². The SMILES string of the molecule is CC1(C)c2nc(CO)c(Cc3ccc(F)cc3)cc2N(C=C=O)C1Cl. The third kappa shape index (κ3) is 3.07. The molecule has 3 rings (SSSR count). The van der Waals surface area contributed by atoms with E-state index in [4.69, 9.17) is 11.6 Å². The number of alkyl halides is 1. The molecule has 0 radical (unpaired) electrons. The average Bonchev–Trinajstić information content (AvgIpc) is 2.77.